The van der Waals surface area contributed by atoms with Crippen LogP contribution in [0.2, 0.25) is 0 Å². The van der Waals surface area contributed by atoms with Gasteiger partial charge >= 0.3 is 0 Å². The molecule has 27 heavy (non-hydrogen) atoms. The van der Waals surface area contributed by atoms with Crippen molar-refractivity contribution in [2.75, 3.05) is 26.2 Å². The van der Waals surface area contributed by atoms with E-state index in [0.29, 0.717) is 17.6 Å². The lowest BCUT2D eigenvalue weighted by molar-refractivity contribution is -0.0903. The maximum absolute atomic E-state index is 9.56. The standard InChI is InChI=1S/C20H23N5O2/c1-11-18-15(19-17(10-27-19)22-9-12-7-21-8-12)6-16(23-20(18)25-24-11)13-2-4-14(26)5-3-13/h2-6,12,17,19,21-22,26H,7-10H2,1H3,(H,23,24,25). The van der Waals surface area contributed by atoms with Gasteiger partial charge in [-0.3, -0.25) is 5.10 Å². The highest BCUT2D eigenvalue weighted by molar-refractivity contribution is 5.85. The molecule has 3 aromatic rings. The van der Waals surface area contributed by atoms with E-state index in [4.69, 9.17) is 9.72 Å². The average Bonchev–Trinajstić information content (AvgIpc) is 2.98. The molecule has 0 radical (unpaired) electrons. The minimum Gasteiger partial charge on any atom is -0.508 e. The number of aromatic hydroxyl groups is 1. The number of H-pyrrole nitrogens is 1. The Bertz CT molecular complexity index is 964. The smallest absolute Gasteiger partial charge is 0.182 e. The topological polar surface area (TPSA) is 95.1 Å². The fraction of sp³-hybridized carbons (Fsp3) is 0.400. The second-order valence-corrected chi connectivity index (χ2v) is 7.48. The quantitative estimate of drug-likeness (QED) is 0.552. The van der Waals surface area contributed by atoms with Gasteiger partial charge in [0.25, 0.3) is 0 Å². The molecule has 2 unspecified atom stereocenters. The lowest BCUT2D eigenvalue weighted by atomic mass is 9.93. The number of ether oxygens (including phenoxy) is 1. The first kappa shape index (κ1) is 16.7. The van der Waals surface area contributed by atoms with Crippen molar-refractivity contribution in [1.82, 2.24) is 25.8 Å². The number of nitrogens with one attached hydrogen (secondary N) is 3. The highest BCUT2D eigenvalue weighted by Crippen LogP contribution is 2.37. The summed E-state index contributed by atoms with van der Waals surface area (Å²) in [5.74, 6) is 0.958. The SMILES string of the molecule is Cc1[nH]nc2nc(-c3ccc(O)cc3)cc(C3OCC3NCC3CNC3)c12. The van der Waals surface area contributed by atoms with Gasteiger partial charge in [0.2, 0.25) is 0 Å². The van der Waals surface area contributed by atoms with E-state index in [1.807, 2.05) is 19.1 Å². The summed E-state index contributed by atoms with van der Waals surface area (Å²) in [4.78, 5) is 4.71. The Balaban J connectivity index is 1.50. The molecule has 140 valence electrons. The van der Waals surface area contributed by atoms with Gasteiger partial charge in [-0.25, -0.2) is 4.98 Å². The molecule has 0 amide bonds. The van der Waals surface area contributed by atoms with Gasteiger partial charge in [-0.15, -0.1) is 0 Å². The summed E-state index contributed by atoms with van der Waals surface area (Å²) in [6.07, 6.45) is -0.00398. The lowest BCUT2D eigenvalue weighted by Gasteiger charge is -2.40. The first-order valence-electron chi connectivity index (χ1n) is 9.40. The summed E-state index contributed by atoms with van der Waals surface area (Å²) in [6, 6.07) is 9.49. The third-order valence-electron chi connectivity index (χ3n) is 5.56. The molecular formula is C20H23N5O2. The second-order valence-electron chi connectivity index (χ2n) is 7.48. The molecule has 0 aliphatic carbocycles. The van der Waals surface area contributed by atoms with Crippen LogP contribution in [0.3, 0.4) is 0 Å². The van der Waals surface area contributed by atoms with Gasteiger partial charge in [0, 0.05) is 36.3 Å². The highest BCUT2D eigenvalue weighted by Gasteiger charge is 2.36. The number of aromatic nitrogens is 3. The van der Waals surface area contributed by atoms with Crippen LogP contribution in [0.1, 0.15) is 17.4 Å². The van der Waals surface area contributed by atoms with Crippen molar-refractivity contribution >= 4 is 11.0 Å². The van der Waals surface area contributed by atoms with E-state index in [2.05, 4.69) is 26.9 Å². The summed E-state index contributed by atoms with van der Waals surface area (Å²) in [5, 5.41) is 25.0. The molecule has 2 aliphatic heterocycles. The zero-order chi connectivity index (χ0) is 18.4. The number of rotatable bonds is 5. The number of phenolic OH excluding ortho intramolecular Hbond substituents is 1. The summed E-state index contributed by atoms with van der Waals surface area (Å²) in [5.41, 5.74) is 4.60. The zero-order valence-corrected chi connectivity index (χ0v) is 15.2. The van der Waals surface area contributed by atoms with E-state index >= 15 is 0 Å². The summed E-state index contributed by atoms with van der Waals surface area (Å²) < 4.78 is 5.97. The molecule has 1 aromatic carbocycles. The van der Waals surface area contributed by atoms with E-state index < -0.39 is 0 Å². The fourth-order valence-electron chi connectivity index (χ4n) is 3.79. The Morgan fingerprint density at radius 1 is 1.26 bits per heavy atom. The van der Waals surface area contributed by atoms with Gasteiger partial charge in [0.15, 0.2) is 5.65 Å². The third-order valence-corrected chi connectivity index (χ3v) is 5.56. The van der Waals surface area contributed by atoms with Crippen LogP contribution in [-0.4, -0.2) is 52.6 Å². The molecule has 0 saturated carbocycles. The Kier molecular flexibility index (Phi) is 4.07. The maximum atomic E-state index is 9.56. The van der Waals surface area contributed by atoms with E-state index in [9.17, 15) is 5.11 Å². The molecule has 7 nitrogen and oxygen atoms in total. The number of phenols is 1. The number of aromatic amines is 1. The highest BCUT2D eigenvalue weighted by atomic mass is 16.5. The van der Waals surface area contributed by atoms with Crippen LogP contribution in [0.25, 0.3) is 22.3 Å². The molecule has 4 heterocycles. The van der Waals surface area contributed by atoms with Crippen LogP contribution >= 0.6 is 0 Å². The third kappa shape index (κ3) is 2.97. The predicted molar refractivity (Wildman–Crippen MR) is 103 cm³/mol. The van der Waals surface area contributed by atoms with Crippen LogP contribution in [0.15, 0.2) is 30.3 Å². The minimum atomic E-state index is -0.00398. The number of benzene rings is 1. The van der Waals surface area contributed by atoms with Crippen LogP contribution in [0, 0.1) is 12.8 Å². The van der Waals surface area contributed by atoms with Crippen LogP contribution in [0.5, 0.6) is 5.75 Å². The monoisotopic (exact) mass is 365 g/mol. The number of fused-ring (bicyclic) bond motifs is 1. The zero-order valence-electron chi connectivity index (χ0n) is 15.2. The van der Waals surface area contributed by atoms with E-state index in [-0.39, 0.29) is 11.9 Å². The average molecular weight is 365 g/mol. The molecule has 2 aliphatic rings. The van der Waals surface area contributed by atoms with Crippen molar-refractivity contribution in [3.05, 3.63) is 41.6 Å². The second kappa shape index (κ2) is 6.60. The van der Waals surface area contributed by atoms with E-state index in [1.54, 1.807) is 12.1 Å². The molecule has 2 fully saturated rings. The van der Waals surface area contributed by atoms with Gasteiger partial charge < -0.3 is 20.5 Å². The molecule has 2 saturated heterocycles. The number of pyridine rings is 1. The van der Waals surface area contributed by atoms with Gasteiger partial charge in [-0.1, -0.05) is 0 Å². The van der Waals surface area contributed by atoms with Crippen LogP contribution in [-0.2, 0) is 4.74 Å². The van der Waals surface area contributed by atoms with Gasteiger partial charge in [0.05, 0.1) is 18.3 Å². The Morgan fingerprint density at radius 2 is 2.07 bits per heavy atom. The number of nitrogens with zero attached hydrogens (tertiary/aromatic N) is 2. The van der Waals surface area contributed by atoms with Crippen molar-refractivity contribution in [2.24, 2.45) is 5.92 Å². The molecule has 0 bridgehead atoms. The molecule has 7 heteroatoms. The van der Waals surface area contributed by atoms with Gasteiger partial charge in [-0.05, 0) is 48.7 Å². The molecule has 5 rings (SSSR count). The number of hydrogen-bond donors (Lipinski definition) is 4. The summed E-state index contributed by atoms with van der Waals surface area (Å²) >= 11 is 0. The summed E-state index contributed by atoms with van der Waals surface area (Å²) in [6.45, 7) is 5.94. The number of hydrogen-bond acceptors (Lipinski definition) is 6. The maximum Gasteiger partial charge on any atom is 0.182 e. The van der Waals surface area contributed by atoms with E-state index in [1.165, 1.54) is 0 Å². The van der Waals surface area contributed by atoms with Crippen LogP contribution < -0.4 is 10.6 Å². The largest absolute Gasteiger partial charge is 0.508 e. The Morgan fingerprint density at radius 3 is 2.74 bits per heavy atom. The van der Waals surface area contributed by atoms with Crippen molar-refractivity contribution in [3.63, 3.8) is 0 Å². The predicted octanol–water partition coefficient (Wildman–Crippen LogP) is 1.89. The normalized spacial score (nSPS) is 22.6. The summed E-state index contributed by atoms with van der Waals surface area (Å²) in [7, 11) is 0. The molecule has 0 spiro atoms. The Labute approximate surface area is 157 Å². The molecular weight excluding hydrogens is 342 g/mol. The van der Waals surface area contributed by atoms with Crippen molar-refractivity contribution < 1.29 is 9.84 Å². The first-order chi connectivity index (χ1) is 13.2. The van der Waals surface area contributed by atoms with Gasteiger partial charge in [-0.2, -0.15) is 5.10 Å². The van der Waals surface area contributed by atoms with E-state index in [0.717, 1.165) is 54.1 Å². The van der Waals surface area contributed by atoms with Crippen molar-refractivity contribution in [2.45, 2.75) is 19.1 Å². The van der Waals surface area contributed by atoms with Crippen molar-refractivity contribution in [1.29, 1.82) is 0 Å². The molecule has 2 aromatic heterocycles. The minimum absolute atomic E-state index is 0.00398. The van der Waals surface area contributed by atoms with Crippen molar-refractivity contribution in [3.8, 4) is 17.0 Å². The number of aryl methyl sites for hydroxylation is 1. The lowest BCUT2D eigenvalue weighted by Crippen LogP contribution is -2.54. The molecule has 2 atom stereocenters. The van der Waals surface area contributed by atoms with Crippen LogP contribution in [0.4, 0.5) is 0 Å². The fourth-order valence-corrected chi connectivity index (χ4v) is 3.79. The first-order valence-corrected chi connectivity index (χ1v) is 9.40. The Hall–Kier alpha value is -2.48. The molecule has 4 N–H and O–H groups in total. The van der Waals surface area contributed by atoms with Gasteiger partial charge in [0.1, 0.15) is 11.9 Å².